The van der Waals surface area contributed by atoms with E-state index >= 15 is 0 Å². The van der Waals surface area contributed by atoms with Crippen molar-refractivity contribution in [1.82, 2.24) is 5.32 Å². The molecule has 1 N–H and O–H groups in total. The fourth-order valence-corrected chi connectivity index (χ4v) is 1.52. The van der Waals surface area contributed by atoms with Crippen molar-refractivity contribution in [1.29, 1.82) is 0 Å². The number of hydrogen-bond acceptors (Lipinski definition) is 5. The molecule has 0 radical (unpaired) electrons. The third kappa shape index (κ3) is 5.84. The Bertz CT molecular complexity index is 495. The number of halogens is 1. The topological polar surface area (TPSA) is 90.7 Å². The Labute approximate surface area is 121 Å². The van der Waals surface area contributed by atoms with Gasteiger partial charge in [-0.1, -0.05) is 0 Å². The molecule has 1 aromatic rings. The molecule has 0 atom stereocenters. The summed E-state index contributed by atoms with van der Waals surface area (Å²) in [4.78, 5) is 21.5. The molecule has 0 heterocycles. The van der Waals surface area contributed by atoms with E-state index in [4.69, 9.17) is 9.47 Å². The van der Waals surface area contributed by atoms with Crippen LogP contribution in [0.1, 0.15) is 16.8 Å². The number of nitrogens with zero attached hydrogens (tertiary/aromatic N) is 1. The van der Waals surface area contributed by atoms with Crippen LogP contribution in [0, 0.1) is 15.9 Å². The molecular weight excluding hydrogens is 283 g/mol. The molecule has 1 aromatic carbocycles. The van der Waals surface area contributed by atoms with Crippen LogP contribution in [-0.2, 0) is 9.47 Å². The van der Waals surface area contributed by atoms with Crippen LogP contribution in [-0.4, -0.2) is 44.3 Å². The summed E-state index contributed by atoms with van der Waals surface area (Å²) in [7, 11) is 1.57. The first-order valence-corrected chi connectivity index (χ1v) is 6.35. The third-order valence-corrected chi connectivity index (χ3v) is 2.59. The van der Waals surface area contributed by atoms with Gasteiger partial charge in [-0.2, -0.15) is 4.39 Å². The summed E-state index contributed by atoms with van der Waals surface area (Å²) in [5, 5.41) is 13.2. The van der Waals surface area contributed by atoms with Gasteiger partial charge < -0.3 is 14.8 Å². The molecule has 8 heteroatoms. The molecule has 21 heavy (non-hydrogen) atoms. The van der Waals surface area contributed by atoms with Crippen LogP contribution in [0.25, 0.3) is 0 Å². The van der Waals surface area contributed by atoms with Gasteiger partial charge in [-0.3, -0.25) is 14.9 Å². The molecule has 0 unspecified atom stereocenters. The van der Waals surface area contributed by atoms with E-state index in [2.05, 4.69) is 5.32 Å². The summed E-state index contributed by atoms with van der Waals surface area (Å²) in [5.41, 5.74) is -0.672. The normalized spacial score (nSPS) is 10.4. The van der Waals surface area contributed by atoms with E-state index in [1.54, 1.807) is 7.11 Å². The summed E-state index contributed by atoms with van der Waals surface area (Å²) >= 11 is 0. The van der Waals surface area contributed by atoms with Gasteiger partial charge in [0.1, 0.15) is 0 Å². The fourth-order valence-electron chi connectivity index (χ4n) is 1.52. The van der Waals surface area contributed by atoms with Gasteiger partial charge in [0.25, 0.3) is 5.91 Å². The van der Waals surface area contributed by atoms with Crippen molar-refractivity contribution in [2.24, 2.45) is 0 Å². The summed E-state index contributed by atoms with van der Waals surface area (Å²) in [6.45, 7) is 1.81. The first-order valence-electron chi connectivity index (χ1n) is 6.35. The molecule has 0 saturated carbocycles. The van der Waals surface area contributed by atoms with Crippen molar-refractivity contribution in [2.75, 3.05) is 33.5 Å². The number of ether oxygens (including phenoxy) is 2. The van der Waals surface area contributed by atoms with Crippen LogP contribution in [0.4, 0.5) is 10.1 Å². The first kappa shape index (κ1) is 17.0. The number of nitro groups is 1. The van der Waals surface area contributed by atoms with Crippen LogP contribution >= 0.6 is 0 Å². The molecule has 0 aliphatic carbocycles. The molecule has 0 saturated heterocycles. The number of hydrogen-bond donors (Lipinski definition) is 1. The van der Waals surface area contributed by atoms with Crippen LogP contribution < -0.4 is 5.32 Å². The SMILES string of the molecule is COCCOCCCNC(=O)c1ccc(F)c([N+](=O)[O-])c1. The number of carbonyl (C=O) groups excluding carboxylic acids is 1. The first-order chi connectivity index (χ1) is 10.1. The number of nitro benzene ring substituents is 1. The van der Waals surface area contributed by atoms with Crippen molar-refractivity contribution in [2.45, 2.75) is 6.42 Å². The second-order valence-corrected chi connectivity index (χ2v) is 4.14. The summed E-state index contributed by atoms with van der Waals surface area (Å²) in [5.74, 6) is -1.46. The lowest BCUT2D eigenvalue weighted by atomic mass is 10.2. The molecule has 116 valence electrons. The van der Waals surface area contributed by atoms with Crippen molar-refractivity contribution in [3.63, 3.8) is 0 Å². The molecule has 0 aliphatic rings. The minimum Gasteiger partial charge on any atom is -0.382 e. The molecule has 7 nitrogen and oxygen atoms in total. The van der Waals surface area contributed by atoms with Gasteiger partial charge >= 0.3 is 5.69 Å². The van der Waals surface area contributed by atoms with Crippen molar-refractivity contribution < 1.29 is 23.6 Å². The van der Waals surface area contributed by atoms with Gasteiger partial charge in [0, 0.05) is 31.9 Å². The molecule has 0 aliphatic heterocycles. The predicted molar refractivity (Wildman–Crippen MR) is 72.7 cm³/mol. The van der Waals surface area contributed by atoms with Crippen molar-refractivity contribution >= 4 is 11.6 Å². The number of benzene rings is 1. The molecule has 0 aromatic heterocycles. The Morgan fingerprint density at radius 2 is 2.14 bits per heavy atom. The molecule has 0 bridgehead atoms. The van der Waals surface area contributed by atoms with Gasteiger partial charge in [-0.25, -0.2) is 0 Å². The van der Waals surface area contributed by atoms with Crippen LogP contribution in [0.2, 0.25) is 0 Å². The summed E-state index contributed by atoms with van der Waals surface area (Å²) < 4.78 is 23.2. The van der Waals surface area contributed by atoms with Crippen LogP contribution in [0.15, 0.2) is 18.2 Å². The quantitative estimate of drug-likeness (QED) is 0.424. The van der Waals surface area contributed by atoms with Crippen molar-refractivity contribution in [3.8, 4) is 0 Å². The third-order valence-electron chi connectivity index (χ3n) is 2.59. The lowest BCUT2D eigenvalue weighted by Crippen LogP contribution is -2.25. The van der Waals surface area contributed by atoms with E-state index in [0.29, 0.717) is 32.8 Å². The second-order valence-electron chi connectivity index (χ2n) is 4.14. The minimum atomic E-state index is -0.969. The second kappa shape index (κ2) is 8.98. The minimum absolute atomic E-state index is 0.0448. The molecule has 0 spiro atoms. The molecular formula is C13H17FN2O5. The van der Waals surface area contributed by atoms with Crippen LogP contribution in [0.3, 0.4) is 0 Å². The maximum Gasteiger partial charge on any atom is 0.305 e. The highest BCUT2D eigenvalue weighted by atomic mass is 19.1. The highest BCUT2D eigenvalue weighted by Gasteiger charge is 2.17. The zero-order chi connectivity index (χ0) is 15.7. The van der Waals surface area contributed by atoms with E-state index < -0.39 is 22.3 Å². The summed E-state index contributed by atoms with van der Waals surface area (Å²) in [6.07, 6.45) is 0.596. The van der Waals surface area contributed by atoms with Crippen molar-refractivity contribution in [3.05, 3.63) is 39.7 Å². The highest BCUT2D eigenvalue weighted by molar-refractivity contribution is 5.94. The Morgan fingerprint density at radius 1 is 1.38 bits per heavy atom. The van der Waals surface area contributed by atoms with E-state index in [-0.39, 0.29) is 5.56 Å². The number of carbonyl (C=O) groups is 1. The average molecular weight is 300 g/mol. The van der Waals surface area contributed by atoms with Gasteiger partial charge in [0.2, 0.25) is 5.82 Å². The predicted octanol–water partition coefficient (Wildman–Crippen LogP) is 1.52. The Hall–Kier alpha value is -2.06. The smallest absolute Gasteiger partial charge is 0.305 e. The standard InChI is InChI=1S/C13H17FN2O5/c1-20-7-8-21-6-2-5-15-13(17)10-3-4-11(14)12(9-10)16(18)19/h3-4,9H,2,5-8H2,1H3,(H,15,17). The van der Waals surface area contributed by atoms with Crippen LogP contribution in [0.5, 0.6) is 0 Å². The number of rotatable bonds is 9. The van der Waals surface area contributed by atoms with Gasteiger partial charge in [0.05, 0.1) is 18.1 Å². The lowest BCUT2D eigenvalue weighted by Gasteiger charge is -2.06. The number of nitrogens with one attached hydrogen (secondary N) is 1. The van der Waals surface area contributed by atoms with Gasteiger partial charge in [-0.15, -0.1) is 0 Å². The van der Waals surface area contributed by atoms with Gasteiger partial charge in [0.15, 0.2) is 0 Å². The number of amides is 1. The monoisotopic (exact) mass is 300 g/mol. The molecule has 1 amide bonds. The van der Waals surface area contributed by atoms with E-state index in [0.717, 1.165) is 12.1 Å². The average Bonchev–Trinajstić information content (AvgIpc) is 2.46. The Balaban J connectivity index is 2.39. The Morgan fingerprint density at radius 3 is 2.81 bits per heavy atom. The zero-order valence-corrected chi connectivity index (χ0v) is 11.6. The van der Waals surface area contributed by atoms with E-state index in [9.17, 15) is 19.3 Å². The lowest BCUT2D eigenvalue weighted by molar-refractivity contribution is -0.387. The highest BCUT2D eigenvalue weighted by Crippen LogP contribution is 2.18. The van der Waals surface area contributed by atoms with E-state index in [1.807, 2.05) is 0 Å². The summed E-state index contributed by atoms with van der Waals surface area (Å²) in [6, 6.07) is 3.02. The number of methoxy groups -OCH3 is 1. The fraction of sp³-hybridized carbons (Fsp3) is 0.462. The largest absolute Gasteiger partial charge is 0.382 e. The molecule has 1 rings (SSSR count). The maximum absolute atomic E-state index is 13.1. The van der Waals surface area contributed by atoms with Gasteiger partial charge in [-0.05, 0) is 18.6 Å². The van der Waals surface area contributed by atoms with E-state index in [1.165, 1.54) is 6.07 Å². The zero-order valence-electron chi connectivity index (χ0n) is 11.6. The Kier molecular flexibility index (Phi) is 7.27. The maximum atomic E-state index is 13.1. The molecule has 0 fully saturated rings.